The van der Waals surface area contributed by atoms with Crippen molar-refractivity contribution in [2.75, 3.05) is 0 Å². The molecule has 2 aromatic carbocycles. The average Bonchev–Trinajstić information content (AvgIpc) is 2.05. The molecule has 12 heavy (non-hydrogen) atoms. The summed E-state index contributed by atoms with van der Waals surface area (Å²) in [5, 5.41) is 2.53. The van der Waals surface area contributed by atoms with Gasteiger partial charge >= 0.3 is 19.5 Å². The fraction of sp³-hybridized carbons (Fsp3) is 0. The molecule has 0 N–H and O–H groups in total. The van der Waals surface area contributed by atoms with Crippen LogP contribution in [0, 0.1) is 13.5 Å². The monoisotopic (exact) mass is 206 g/mol. The Kier molecular flexibility index (Phi) is 4.77. The van der Waals surface area contributed by atoms with Gasteiger partial charge in [-0.3, -0.25) is 0 Å². The molecule has 0 saturated heterocycles. The topological polar surface area (TPSA) is 0 Å². The third-order valence-corrected chi connectivity index (χ3v) is 1.59. The van der Waals surface area contributed by atoms with Gasteiger partial charge < -0.3 is 7.43 Å². The third kappa shape index (κ3) is 2.15. The van der Waals surface area contributed by atoms with Gasteiger partial charge in [-0.25, -0.2) is 0 Å². The van der Waals surface area contributed by atoms with Gasteiger partial charge in [0.05, 0.1) is 0 Å². The fourth-order valence-electron chi connectivity index (χ4n) is 1.07. The number of hydrogen-bond acceptors (Lipinski definition) is 0. The van der Waals surface area contributed by atoms with E-state index in [1.807, 2.05) is 24.3 Å². The first-order valence-corrected chi connectivity index (χ1v) is 3.32. The summed E-state index contributed by atoms with van der Waals surface area (Å²) in [5.74, 6) is 0. The van der Waals surface area contributed by atoms with E-state index in [1.165, 1.54) is 10.8 Å². The number of fused-ring (bicyclic) bond motifs is 1. The molecule has 2 aromatic rings. The molecule has 0 heterocycles. The SMILES string of the molecule is [CH3-].[Zn+2].[c-]1ccc2ccccc2c1. The largest absolute Gasteiger partial charge is 2.00 e. The fourth-order valence-corrected chi connectivity index (χ4v) is 1.07. The van der Waals surface area contributed by atoms with Gasteiger partial charge in [0, 0.05) is 0 Å². The van der Waals surface area contributed by atoms with Crippen molar-refractivity contribution in [3.63, 3.8) is 0 Å². The van der Waals surface area contributed by atoms with E-state index >= 15 is 0 Å². The Labute approximate surface area is 86.4 Å². The van der Waals surface area contributed by atoms with Crippen LogP contribution in [0.15, 0.2) is 42.5 Å². The molecule has 0 unspecified atom stereocenters. The second kappa shape index (κ2) is 5.06. The van der Waals surface area contributed by atoms with E-state index in [0.29, 0.717) is 0 Å². The van der Waals surface area contributed by atoms with Crippen LogP contribution in [0.4, 0.5) is 0 Å². The summed E-state index contributed by atoms with van der Waals surface area (Å²) in [6.45, 7) is 0. The van der Waals surface area contributed by atoms with E-state index in [2.05, 4.69) is 24.3 Å². The molecule has 0 saturated carbocycles. The van der Waals surface area contributed by atoms with Crippen LogP contribution in [0.5, 0.6) is 0 Å². The molecule has 1 heteroatoms. The standard InChI is InChI=1S/C10H7.CH3.Zn/c1-2-6-10-8-4-3-7-9(10)5-1;;/h1-3,5-8H;1H3;/q2*-1;+2. The predicted molar refractivity (Wildman–Crippen MR) is 49.2 cm³/mol. The molecule has 0 aliphatic carbocycles. The Morgan fingerprint density at radius 2 is 1.58 bits per heavy atom. The molecule has 0 bridgehead atoms. The maximum Gasteiger partial charge on any atom is 2.00 e. The number of rotatable bonds is 0. The maximum absolute atomic E-state index is 3.04. The van der Waals surface area contributed by atoms with Gasteiger partial charge in [-0.15, -0.1) is 16.8 Å². The van der Waals surface area contributed by atoms with E-state index in [9.17, 15) is 0 Å². The minimum atomic E-state index is 0. The van der Waals surface area contributed by atoms with Crippen molar-refractivity contribution in [3.8, 4) is 0 Å². The number of hydrogen-bond donors (Lipinski definition) is 0. The van der Waals surface area contributed by atoms with Crippen molar-refractivity contribution in [2.24, 2.45) is 0 Å². The van der Waals surface area contributed by atoms with Crippen molar-refractivity contribution in [1.82, 2.24) is 0 Å². The zero-order valence-electron chi connectivity index (χ0n) is 7.25. The van der Waals surface area contributed by atoms with E-state index < -0.39 is 0 Å². The molecule has 0 aliphatic rings. The van der Waals surface area contributed by atoms with E-state index in [0.717, 1.165) is 0 Å². The summed E-state index contributed by atoms with van der Waals surface area (Å²) in [6, 6.07) is 17.3. The van der Waals surface area contributed by atoms with Crippen molar-refractivity contribution in [3.05, 3.63) is 56.0 Å². The molecule has 0 radical (unpaired) electrons. The molecular formula is C11H10Zn. The normalized spacial score (nSPS) is 8.33. The summed E-state index contributed by atoms with van der Waals surface area (Å²) in [7, 11) is 0. The molecule has 0 atom stereocenters. The zero-order valence-corrected chi connectivity index (χ0v) is 10.2. The van der Waals surface area contributed by atoms with Crippen LogP contribution in [-0.4, -0.2) is 0 Å². The van der Waals surface area contributed by atoms with Gasteiger partial charge in [-0.2, -0.15) is 24.3 Å². The summed E-state index contributed by atoms with van der Waals surface area (Å²) in [5.41, 5.74) is 0. The molecule has 0 amide bonds. The van der Waals surface area contributed by atoms with Crippen LogP contribution in [0.1, 0.15) is 0 Å². The van der Waals surface area contributed by atoms with Gasteiger partial charge in [-0.05, 0) is 0 Å². The van der Waals surface area contributed by atoms with Crippen LogP contribution in [-0.2, 0) is 19.5 Å². The quantitative estimate of drug-likeness (QED) is 0.460. The Hall–Kier alpha value is -0.677. The zero-order chi connectivity index (χ0) is 6.81. The van der Waals surface area contributed by atoms with Gasteiger partial charge in [0.15, 0.2) is 0 Å². The Morgan fingerprint density at radius 1 is 0.917 bits per heavy atom. The maximum atomic E-state index is 3.04. The molecular weight excluding hydrogens is 198 g/mol. The van der Waals surface area contributed by atoms with Crippen molar-refractivity contribution in [2.45, 2.75) is 0 Å². The second-order valence-corrected chi connectivity index (χ2v) is 2.27. The second-order valence-electron chi connectivity index (χ2n) is 2.27. The Balaban J connectivity index is 0.000000605. The first-order valence-electron chi connectivity index (χ1n) is 3.32. The predicted octanol–water partition coefficient (Wildman–Crippen LogP) is 3.09. The summed E-state index contributed by atoms with van der Waals surface area (Å²) in [4.78, 5) is 0. The minimum absolute atomic E-state index is 0. The third-order valence-electron chi connectivity index (χ3n) is 1.59. The van der Waals surface area contributed by atoms with Crippen LogP contribution >= 0.6 is 0 Å². The van der Waals surface area contributed by atoms with Gasteiger partial charge in [0.25, 0.3) is 0 Å². The first-order chi connectivity index (χ1) is 4.97. The van der Waals surface area contributed by atoms with E-state index in [1.54, 1.807) is 0 Å². The molecule has 0 spiro atoms. The Bertz CT molecular complexity index is 276. The summed E-state index contributed by atoms with van der Waals surface area (Å²) < 4.78 is 0. The molecule has 0 aromatic heterocycles. The van der Waals surface area contributed by atoms with Gasteiger partial charge in [-0.1, -0.05) is 18.2 Å². The van der Waals surface area contributed by atoms with Crippen LogP contribution in [0.2, 0.25) is 0 Å². The van der Waals surface area contributed by atoms with Crippen LogP contribution in [0.25, 0.3) is 10.8 Å². The summed E-state index contributed by atoms with van der Waals surface area (Å²) in [6.07, 6.45) is 0. The summed E-state index contributed by atoms with van der Waals surface area (Å²) >= 11 is 0. The van der Waals surface area contributed by atoms with Crippen molar-refractivity contribution < 1.29 is 19.5 Å². The average molecular weight is 208 g/mol. The van der Waals surface area contributed by atoms with Gasteiger partial charge in [0.1, 0.15) is 0 Å². The molecule has 0 nitrogen and oxygen atoms in total. The van der Waals surface area contributed by atoms with E-state index in [-0.39, 0.29) is 26.9 Å². The van der Waals surface area contributed by atoms with Crippen LogP contribution in [0.3, 0.4) is 0 Å². The smallest absolute Gasteiger partial charge is 0.358 e. The minimum Gasteiger partial charge on any atom is -0.358 e. The Morgan fingerprint density at radius 3 is 2.25 bits per heavy atom. The van der Waals surface area contributed by atoms with E-state index in [4.69, 9.17) is 0 Å². The van der Waals surface area contributed by atoms with Crippen LogP contribution < -0.4 is 0 Å². The number of benzene rings is 2. The van der Waals surface area contributed by atoms with Crippen molar-refractivity contribution >= 4 is 10.8 Å². The molecule has 0 fully saturated rings. The molecule has 2 rings (SSSR count). The van der Waals surface area contributed by atoms with Gasteiger partial charge in [0.2, 0.25) is 0 Å². The molecule has 56 valence electrons. The molecule has 0 aliphatic heterocycles. The van der Waals surface area contributed by atoms with Crippen molar-refractivity contribution in [1.29, 1.82) is 0 Å². The first kappa shape index (κ1) is 11.3.